The fraction of sp³-hybridized carbons (Fsp3) is 0.333. The Morgan fingerprint density at radius 1 is 1.40 bits per heavy atom. The van der Waals surface area contributed by atoms with E-state index in [0.29, 0.717) is 12.8 Å². The van der Waals surface area contributed by atoms with Crippen LogP contribution in [0.1, 0.15) is 31.2 Å². The standard InChI is InChI=1S/C15H18BrNO3/c1-3-4-5-13(15(19)20)17-14(18)10(2)11-6-8-12(16)9-7-11/h3,6-10,13H,1,4-5H2,2H3,(H,17,18)(H,19,20). The summed E-state index contributed by atoms with van der Waals surface area (Å²) in [7, 11) is 0. The number of carbonyl (C=O) groups excluding carboxylic acids is 1. The molecule has 0 radical (unpaired) electrons. The van der Waals surface area contributed by atoms with Gasteiger partial charge in [0.05, 0.1) is 5.92 Å². The summed E-state index contributed by atoms with van der Waals surface area (Å²) in [5, 5.41) is 11.6. The predicted molar refractivity (Wildman–Crippen MR) is 81.6 cm³/mol. The van der Waals surface area contributed by atoms with Gasteiger partial charge in [0.15, 0.2) is 0 Å². The van der Waals surface area contributed by atoms with Gasteiger partial charge in [0.25, 0.3) is 0 Å². The topological polar surface area (TPSA) is 66.4 Å². The molecule has 1 rings (SSSR count). The molecule has 0 aliphatic heterocycles. The first-order valence-electron chi connectivity index (χ1n) is 6.35. The molecule has 1 aromatic carbocycles. The first-order valence-corrected chi connectivity index (χ1v) is 7.14. The Morgan fingerprint density at radius 2 is 2.00 bits per heavy atom. The highest BCUT2D eigenvalue weighted by Gasteiger charge is 2.23. The Hall–Kier alpha value is -1.62. The number of halogens is 1. The van der Waals surface area contributed by atoms with Crippen LogP contribution in [-0.4, -0.2) is 23.0 Å². The van der Waals surface area contributed by atoms with Crippen molar-refractivity contribution in [2.24, 2.45) is 0 Å². The van der Waals surface area contributed by atoms with Crippen molar-refractivity contribution in [2.45, 2.75) is 31.7 Å². The quantitative estimate of drug-likeness (QED) is 0.750. The number of allylic oxidation sites excluding steroid dienone is 1. The van der Waals surface area contributed by atoms with E-state index in [1.807, 2.05) is 24.3 Å². The summed E-state index contributed by atoms with van der Waals surface area (Å²) in [5.41, 5.74) is 0.846. The molecule has 1 aromatic rings. The van der Waals surface area contributed by atoms with Gasteiger partial charge in [-0.25, -0.2) is 4.79 Å². The molecular formula is C15H18BrNO3. The fourth-order valence-electron chi connectivity index (χ4n) is 1.74. The summed E-state index contributed by atoms with van der Waals surface area (Å²) in [6.45, 7) is 5.31. The first kappa shape index (κ1) is 16.4. The van der Waals surface area contributed by atoms with Gasteiger partial charge < -0.3 is 10.4 Å². The zero-order chi connectivity index (χ0) is 15.1. The molecule has 2 N–H and O–H groups in total. The molecule has 0 fully saturated rings. The van der Waals surface area contributed by atoms with Crippen molar-refractivity contribution < 1.29 is 14.7 Å². The molecule has 5 heteroatoms. The number of rotatable bonds is 7. The van der Waals surface area contributed by atoms with Crippen LogP contribution < -0.4 is 5.32 Å². The van der Waals surface area contributed by atoms with Crippen LogP contribution in [0.5, 0.6) is 0 Å². The SMILES string of the molecule is C=CCCC(NC(=O)C(C)c1ccc(Br)cc1)C(=O)O. The third-order valence-electron chi connectivity index (χ3n) is 3.04. The van der Waals surface area contributed by atoms with Gasteiger partial charge >= 0.3 is 5.97 Å². The number of hydrogen-bond acceptors (Lipinski definition) is 2. The number of aliphatic carboxylic acids is 1. The minimum Gasteiger partial charge on any atom is -0.480 e. The van der Waals surface area contributed by atoms with Crippen LogP contribution in [0.2, 0.25) is 0 Å². The average Bonchev–Trinajstić information content (AvgIpc) is 2.42. The monoisotopic (exact) mass is 339 g/mol. The maximum Gasteiger partial charge on any atom is 0.326 e. The zero-order valence-electron chi connectivity index (χ0n) is 11.3. The molecular weight excluding hydrogens is 322 g/mol. The van der Waals surface area contributed by atoms with Crippen molar-refractivity contribution >= 4 is 27.8 Å². The molecule has 0 aromatic heterocycles. The van der Waals surface area contributed by atoms with Crippen LogP contribution in [0.3, 0.4) is 0 Å². The molecule has 0 bridgehead atoms. The number of amides is 1. The van der Waals surface area contributed by atoms with Crippen molar-refractivity contribution in [1.29, 1.82) is 0 Å². The van der Waals surface area contributed by atoms with Gasteiger partial charge in [0.1, 0.15) is 6.04 Å². The molecule has 20 heavy (non-hydrogen) atoms. The predicted octanol–water partition coefficient (Wildman–Crippen LogP) is 3.09. The van der Waals surface area contributed by atoms with Gasteiger partial charge in [0, 0.05) is 4.47 Å². The molecule has 2 atom stereocenters. The van der Waals surface area contributed by atoms with Crippen molar-refractivity contribution in [2.75, 3.05) is 0 Å². The van der Waals surface area contributed by atoms with Crippen LogP contribution >= 0.6 is 15.9 Å². The van der Waals surface area contributed by atoms with E-state index in [1.54, 1.807) is 13.0 Å². The smallest absolute Gasteiger partial charge is 0.326 e. The van der Waals surface area contributed by atoms with E-state index in [1.165, 1.54) is 0 Å². The molecule has 0 aliphatic rings. The highest BCUT2D eigenvalue weighted by atomic mass is 79.9. The van der Waals surface area contributed by atoms with Crippen LogP contribution in [0, 0.1) is 0 Å². The largest absolute Gasteiger partial charge is 0.480 e. The van der Waals surface area contributed by atoms with E-state index in [2.05, 4.69) is 27.8 Å². The van der Waals surface area contributed by atoms with Crippen LogP contribution in [0.25, 0.3) is 0 Å². The molecule has 0 aliphatic carbocycles. The lowest BCUT2D eigenvalue weighted by atomic mass is 9.99. The lowest BCUT2D eigenvalue weighted by molar-refractivity contribution is -0.142. The highest BCUT2D eigenvalue weighted by molar-refractivity contribution is 9.10. The van der Waals surface area contributed by atoms with Gasteiger partial charge in [-0.3, -0.25) is 4.79 Å². The van der Waals surface area contributed by atoms with E-state index < -0.39 is 17.9 Å². The summed E-state index contributed by atoms with van der Waals surface area (Å²) in [4.78, 5) is 23.2. The Bertz CT molecular complexity index is 484. The van der Waals surface area contributed by atoms with Gasteiger partial charge in [0.2, 0.25) is 5.91 Å². The molecule has 0 spiro atoms. The van der Waals surface area contributed by atoms with Gasteiger partial charge in [-0.2, -0.15) is 0 Å². The molecule has 0 heterocycles. The molecule has 0 saturated heterocycles. The fourth-order valence-corrected chi connectivity index (χ4v) is 2.01. The molecule has 4 nitrogen and oxygen atoms in total. The van der Waals surface area contributed by atoms with Crippen LogP contribution in [0.4, 0.5) is 0 Å². The van der Waals surface area contributed by atoms with E-state index >= 15 is 0 Å². The van der Waals surface area contributed by atoms with Gasteiger partial charge in [-0.15, -0.1) is 6.58 Å². The number of carboxylic acid groups (broad SMARTS) is 1. The van der Waals surface area contributed by atoms with Crippen molar-refractivity contribution in [3.05, 3.63) is 47.0 Å². The second-order valence-electron chi connectivity index (χ2n) is 4.54. The number of carbonyl (C=O) groups is 2. The maximum atomic E-state index is 12.1. The molecule has 0 saturated carbocycles. The number of benzene rings is 1. The Balaban J connectivity index is 2.70. The summed E-state index contributed by atoms with van der Waals surface area (Å²) in [6.07, 6.45) is 2.53. The van der Waals surface area contributed by atoms with Gasteiger partial charge in [-0.1, -0.05) is 34.1 Å². The Labute approximate surface area is 127 Å². The van der Waals surface area contributed by atoms with E-state index in [-0.39, 0.29) is 5.91 Å². The van der Waals surface area contributed by atoms with Crippen LogP contribution in [-0.2, 0) is 9.59 Å². The Kier molecular flexibility index (Phi) is 6.45. The van der Waals surface area contributed by atoms with Crippen LogP contribution in [0.15, 0.2) is 41.4 Å². The number of nitrogens with one attached hydrogen (secondary N) is 1. The third-order valence-corrected chi connectivity index (χ3v) is 3.57. The van der Waals surface area contributed by atoms with Crippen molar-refractivity contribution in [3.8, 4) is 0 Å². The summed E-state index contributed by atoms with van der Waals surface area (Å²) < 4.78 is 0.934. The second kappa shape index (κ2) is 7.85. The van der Waals surface area contributed by atoms with E-state index in [0.717, 1.165) is 10.0 Å². The lowest BCUT2D eigenvalue weighted by Gasteiger charge is -2.17. The average molecular weight is 340 g/mol. The third kappa shape index (κ3) is 4.81. The minimum atomic E-state index is -1.02. The zero-order valence-corrected chi connectivity index (χ0v) is 12.9. The number of carboxylic acids is 1. The maximum absolute atomic E-state index is 12.1. The van der Waals surface area contributed by atoms with Crippen molar-refractivity contribution in [3.63, 3.8) is 0 Å². The summed E-state index contributed by atoms with van der Waals surface area (Å²) >= 11 is 3.33. The van der Waals surface area contributed by atoms with Crippen molar-refractivity contribution in [1.82, 2.24) is 5.32 Å². The van der Waals surface area contributed by atoms with Gasteiger partial charge in [-0.05, 0) is 37.5 Å². The second-order valence-corrected chi connectivity index (χ2v) is 5.45. The summed E-state index contributed by atoms with van der Waals surface area (Å²) in [6, 6.07) is 6.51. The molecule has 1 amide bonds. The van der Waals surface area contributed by atoms with E-state index in [9.17, 15) is 9.59 Å². The molecule has 108 valence electrons. The summed E-state index contributed by atoms with van der Waals surface area (Å²) in [5.74, 6) is -1.71. The normalized spacial score (nSPS) is 13.3. The lowest BCUT2D eigenvalue weighted by Crippen LogP contribution is -2.42. The minimum absolute atomic E-state index is 0.288. The first-order chi connectivity index (χ1) is 9.45. The number of hydrogen-bond donors (Lipinski definition) is 2. The molecule has 2 unspecified atom stereocenters. The highest BCUT2D eigenvalue weighted by Crippen LogP contribution is 2.19. The van der Waals surface area contributed by atoms with E-state index in [4.69, 9.17) is 5.11 Å². The Morgan fingerprint density at radius 3 is 2.50 bits per heavy atom.